The summed E-state index contributed by atoms with van der Waals surface area (Å²) in [6, 6.07) is 11.0. The third-order valence-corrected chi connectivity index (χ3v) is 4.72. The predicted molar refractivity (Wildman–Crippen MR) is 99.3 cm³/mol. The molecule has 0 radical (unpaired) electrons. The van der Waals surface area contributed by atoms with Crippen LogP contribution in [0.4, 0.5) is 11.4 Å². The minimum absolute atomic E-state index is 0.162. The molecular formula is C19H19BrN2O2. The van der Waals surface area contributed by atoms with Crippen LogP contribution in [0, 0.1) is 20.8 Å². The zero-order chi connectivity index (χ0) is 17.4. The van der Waals surface area contributed by atoms with Gasteiger partial charge in [0.25, 0.3) is 5.91 Å². The van der Waals surface area contributed by atoms with Gasteiger partial charge in [0.05, 0.1) is 12.1 Å². The first kappa shape index (κ1) is 16.7. The highest BCUT2D eigenvalue weighted by molar-refractivity contribution is 9.10. The van der Waals surface area contributed by atoms with Gasteiger partial charge in [0.15, 0.2) is 0 Å². The standard InChI is InChI=1S/C19H19BrN2O2/c1-11-8-12(2)18(13(3)9-11)22-17(23)10-16(19(22)24)21-15-6-4-14(20)5-7-15/h4-9,16,21H,10H2,1-3H3/t16-/m1/s1. The fourth-order valence-corrected chi connectivity index (χ4v) is 3.52. The van der Waals surface area contributed by atoms with Gasteiger partial charge in [-0.15, -0.1) is 0 Å². The topological polar surface area (TPSA) is 49.4 Å². The van der Waals surface area contributed by atoms with E-state index in [2.05, 4.69) is 21.2 Å². The maximum absolute atomic E-state index is 12.8. The molecule has 0 bridgehead atoms. The van der Waals surface area contributed by atoms with E-state index in [4.69, 9.17) is 0 Å². The number of nitrogens with zero attached hydrogens (tertiary/aromatic N) is 1. The van der Waals surface area contributed by atoms with Crippen molar-refractivity contribution in [2.45, 2.75) is 33.2 Å². The smallest absolute Gasteiger partial charge is 0.256 e. The van der Waals surface area contributed by atoms with Gasteiger partial charge in [-0.2, -0.15) is 0 Å². The molecule has 1 saturated heterocycles. The molecule has 24 heavy (non-hydrogen) atoms. The second kappa shape index (κ2) is 6.40. The number of nitrogens with one attached hydrogen (secondary N) is 1. The summed E-state index contributed by atoms with van der Waals surface area (Å²) in [6.07, 6.45) is 0.168. The molecule has 1 aliphatic heterocycles. The summed E-state index contributed by atoms with van der Waals surface area (Å²) in [5.41, 5.74) is 4.55. The summed E-state index contributed by atoms with van der Waals surface area (Å²) in [5.74, 6) is -0.359. The number of aryl methyl sites for hydroxylation is 3. The van der Waals surface area contributed by atoms with Crippen LogP contribution in [0.25, 0.3) is 0 Å². The molecule has 1 N–H and O–H groups in total. The molecule has 1 fully saturated rings. The Hall–Kier alpha value is -2.14. The van der Waals surface area contributed by atoms with Gasteiger partial charge in [-0.1, -0.05) is 33.6 Å². The maximum atomic E-state index is 12.8. The number of benzene rings is 2. The highest BCUT2D eigenvalue weighted by Crippen LogP contribution is 2.31. The van der Waals surface area contributed by atoms with Gasteiger partial charge < -0.3 is 5.32 Å². The molecule has 3 rings (SSSR count). The average Bonchev–Trinajstić information content (AvgIpc) is 2.76. The van der Waals surface area contributed by atoms with Crippen molar-refractivity contribution in [3.8, 4) is 0 Å². The van der Waals surface area contributed by atoms with E-state index in [1.807, 2.05) is 57.2 Å². The summed E-state index contributed by atoms with van der Waals surface area (Å²) in [7, 11) is 0. The Balaban J connectivity index is 1.88. The molecule has 1 atom stereocenters. The number of imide groups is 1. The van der Waals surface area contributed by atoms with Crippen molar-refractivity contribution < 1.29 is 9.59 Å². The van der Waals surface area contributed by atoms with Crippen LogP contribution in [0.15, 0.2) is 40.9 Å². The van der Waals surface area contributed by atoms with Crippen LogP contribution in [-0.4, -0.2) is 17.9 Å². The van der Waals surface area contributed by atoms with Crippen LogP contribution in [0.5, 0.6) is 0 Å². The molecule has 0 saturated carbocycles. The average molecular weight is 387 g/mol. The lowest BCUT2D eigenvalue weighted by molar-refractivity contribution is -0.121. The van der Waals surface area contributed by atoms with E-state index < -0.39 is 6.04 Å². The Morgan fingerprint density at radius 2 is 1.62 bits per heavy atom. The van der Waals surface area contributed by atoms with E-state index in [9.17, 15) is 9.59 Å². The maximum Gasteiger partial charge on any atom is 0.256 e. The van der Waals surface area contributed by atoms with Crippen molar-refractivity contribution in [2.24, 2.45) is 0 Å². The van der Waals surface area contributed by atoms with E-state index >= 15 is 0 Å². The number of carbonyl (C=O) groups excluding carboxylic acids is 2. The van der Waals surface area contributed by atoms with Gasteiger partial charge in [0, 0.05) is 10.2 Å². The molecule has 0 unspecified atom stereocenters. The lowest BCUT2D eigenvalue weighted by Gasteiger charge is -2.21. The first-order valence-corrected chi connectivity index (χ1v) is 8.63. The van der Waals surface area contributed by atoms with Crippen LogP contribution in [-0.2, 0) is 9.59 Å². The molecule has 2 amide bonds. The quantitative estimate of drug-likeness (QED) is 0.807. The molecule has 2 aromatic carbocycles. The zero-order valence-corrected chi connectivity index (χ0v) is 15.5. The Morgan fingerprint density at radius 1 is 1.04 bits per heavy atom. The number of hydrogen-bond acceptors (Lipinski definition) is 3. The van der Waals surface area contributed by atoms with Crippen molar-refractivity contribution in [1.82, 2.24) is 0 Å². The van der Waals surface area contributed by atoms with Gasteiger partial charge in [0.1, 0.15) is 6.04 Å². The highest BCUT2D eigenvalue weighted by Gasteiger charge is 2.40. The second-order valence-corrected chi connectivity index (χ2v) is 7.14. The number of rotatable bonds is 3. The third kappa shape index (κ3) is 3.08. The molecule has 4 nitrogen and oxygen atoms in total. The summed E-state index contributed by atoms with van der Waals surface area (Å²) in [5, 5.41) is 3.17. The number of anilines is 2. The molecule has 0 spiro atoms. The van der Waals surface area contributed by atoms with Crippen LogP contribution in [0.1, 0.15) is 23.1 Å². The van der Waals surface area contributed by atoms with E-state index in [1.54, 1.807) is 0 Å². The van der Waals surface area contributed by atoms with Crippen molar-refractivity contribution >= 4 is 39.1 Å². The van der Waals surface area contributed by atoms with Crippen molar-refractivity contribution in [3.63, 3.8) is 0 Å². The molecule has 1 aliphatic rings. The van der Waals surface area contributed by atoms with E-state index in [1.165, 1.54) is 4.90 Å². The summed E-state index contributed by atoms with van der Waals surface area (Å²) in [4.78, 5) is 26.6. The van der Waals surface area contributed by atoms with Gasteiger partial charge in [0.2, 0.25) is 5.91 Å². The summed E-state index contributed by atoms with van der Waals surface area (Å²) >= 11 is 3.38. The van der Waals surface area contributed by atoms with Crippen molar-refractivity contribution in [3.05, 3.63) is 57.6 Å². The molecular weight excluding hydrogens is 368 g/mol. The van der Waals surface area contributed by atoms with Gasteiger partial charge in [-0.3, -0.25) is 9.59 Å². The fourth-order valence-electron chi connectivity index (χ4n) is 3.25. The SMILES string of the molecule is Cc1cc(C)c(N2C(=O)C[C@@H](Nc3ccc(Br)cc3)C2=O)c(C)c1. The Morgan fingerprint density at radius 3 is 2.21 bits per heavy atom. The lowest BCUT2D eigenvalue weighted by atomic mass is 10.0. The molecule has 0 aromatic heterocycles. The zero-order valence-electron chi connectivity index (χ0n) is 13.9. The molecule has 5 heteroatoms. The van der Waals surface area contributed by atoms with Crippen LogP contribution in [0.2, 0.25) is 0 Å². The van der Waals surface area contributed by atoms with E-state index in [0.717, 1.165) is 32.5 Å². The number of amides is 2. The van der Waals surface area contributed by atoms with E-state index in [-0.39, 0.29) is 18.2 Å². The Kier molecular flexibility index (Phi) is 4.45. The number of carbonyl (C=O) groups is 2. The molecule has 2 aromatic rings. The van der Waals surface area contributed by atoms with Crippen LogP contribution in [0.3, 0.4) is 0 Å². The molecule has 124 valence electrons. The first-order valence-electron chi connectivity index (χ1n) is 7.83. The van der Waals surface area contributed by atoms with Crippen LogP contribution < -0.4 is 10.2 Å². The monoisotopic (exact) mass is 386 g/mol. The van der Waals surface area contributed by atoms with Crippen molar-refractivity contribution in [2.75, 3.05) is 10.2 Å². The fraction of sp³-hybridized carbons (Fsp3) is 0.263. The summed E-state index contributed by atoms with van der Waals surface area (Å²) in [6.45, 7) is 5.88. The Labute approximate surface area is 150 Å². The largest absolute Gasteiger partial charge is 0.373 e. The van der Waals surface area contributed by atoms with E-state index in [0.29, 0.717) is 0 Å². The van der Waals surface area contributed by atoms with Gasteiger partial charge in [-0.25, -0.2) is 4.90 Å². The highest BCUT2D eigenvalue weighted by atomic mass is 79.9. The van der Waals surface area contributed by atoms with Gasteiger partial charge >= 0.3 is 0 Å². The normalized spacial score (nSPS) is 17.5. The number of hydrogen-bond donors (Lipinski definition) is 1. The van der Waals surface area contributed by atoms with Gasteiger partial charge in [-0.05, 0) is 56.2 Å². The number of halogens is 1. The van der Waals surface area contributed by atoms with Crippen LogP contribution >= 0.6 is 15.9 Å². The van der Waals surface area contributed by atoms with Crippen molar-refractivity contribution in [1.29, 1.82) is 0 Å². The minimum Gasteiger partial charge on any atom is -0.373 e. The first-order chi connectivity index (χ1) is 11.4. The second-order valence-electron chi connectivity index (χ2n) is 6.22. The third-order valence-electron chi connectivity index (χ3n) is 4.19. The Bertz CT molecular complexity index is 792. The lowest BCUT2D eigenvalue weighted by Crippen LogP contribution is -2.35. The molecule has 1 heterocycles. The summed E-state index contributed by atoms with van der Waals surface area (Å²) < 4.78 is 0.967. The molecule has 0 aliphatic carbocycles. The predicted octanol–water partition coefficient (Wildman–Crippen LogP) is 4.12. The minimum atomic E-state index is -0.529.